The molecule has 0 radical (unpaired) electrons. The SMILES string of the molecule is CC1CC(C)C2C(C1)C1C3CC4CCC5CCCCC5C4C3CCC1C21CC(C)CC(C)C1. The summed E-state index contributed by atoms with van der Waals surface area (Å²) in [5.74, 6) is 15.2. The van der Waals surface area contributed by atoms with Gasteiger partial charge in [-0.2, -0.15) is 0 Å². The number of hydrogen-bond donors (Lipinski definition) is 0. The van der Waals surface area contributed by atoms with Crippen molar-refractivity contribution in [3.63, 3.8) is 0 Å². The van der Waals surface area contributed by atoms with E-state index in [9.17, 15) is 0 Å². The first-order chi connectivity index (χ1) is 16.0. The van der Waals surface area contributed by atoms with Crippen molar-refractivity contribution in [1.82, 2.24) is 0 Å². The Hall–Kier alpha value is 0. The molecule has 14 atom stereocenters. The van der Waals surface area contributed by atoms with Crippen molar-refractivity contribution >= 4 is 0 Å². The molecule has 0 aromatic heterocycles. The molecule has 33 heavy (non-hydrogen) atoms. The van der Waals surface area contributed by atoms with E-state index < -0.39 is 0 Å². The molecule has 0 amide bonds. The predicted octanol–water partition coefficient (Wildman–Crippen LogP) is 9.24. The molecule has 14 unspecified atom stereocenters. The van der Waals surface area contributed by atoms with Crippen LogP contribution >= 0.6 is 0 Å². The second kappa shape index (κ2) is 8.00. The van der Waals surface area contributed by atoms with Crippen LogP contribution in [0.2, 0.25) is 0 Å². The molecule has 0 heterocycles. The zero-order valence-corrected chi connectivity index (χ0v) is 22.5. The molecular weight excluding hydrogens is 396 g/mol. The van der Waals surface area contributed by atoms with Crippen molar-refractivity contribution in [2.75, 3.05) is 0 Å². The average Bonchev–Trinajstić information content (AvgIpc) is 3.27. The van der Waals surface area contributed by atoms with Gasteiger partial charge in [0, 0.05) is 0 Å². The molecule has 1 spiro atoms. The van der Waals surface area contributed by atoms with E-state index in [1.165, 1.54) is 12.8 Å². The van der Waals surface area contributed by atoms with Crippen molar-refractivity contribution < 1.29 is 0 Å². The maximum absolute atomic E-state index is 2.72. The van der Waals surface area contributed by atoms with Gasteiger partial charge in [0.15, 0.2) is 0 Å². The summed E-state index contributed by atoms with van der Waals surface area (Å²) in [5, 5.41) is 0. The summed E-state index contributed by atoms with van der Waals surface area (Å²) in [7, 11) is 0. The molecule has 0 N–H and O–H groups in total. The summed E-state index contributed by atoms with van der Waals surface area (Å²) in [6.07, 6.45) is 22.4. The molecule has 7 aliphatic carbocycles. The van der Waals surface area contributed by atoms with Crippen LogP contribution in [0, 0.1) is 88.3 Å². The van der Waals surface area contributed by atoms with Crippen LogP contribution in [0.4, 0.5) is 0 Å². The highest BCUT2D eigenvalue weighted by atomic mass is 14.7. The largest absolute Gasteiger partial charge is 0.0625 e. The Bertz CT molecular complexity index is 726. The monoisotopic (exact) mass is 450 g/mol. The molecule has 0 heteroatoms. The van der Waals surface area contributed by atoms with Gasteiger partial charge in [-0.25, -0.2) is 0 Å². The van der Waals surface area contributed by atoms with E-state index in [-0.39, 0.29) is 0 Å². The zero-order valence-electron chi connectivity index (χ0n) is 22.5. The third kappa shape index (κ3) is 3.19. The van der Waals surface area contributed by atoms with E-state index in [0.29, 0.717) is 0 Å². The van der Waals surface area contributed by atoms with Gasteiger partial charge in [-0.1, -0.05) is 47.0 Å². The minimum atomic E-state index is 0.734. The van der Waals surface area contributed by atoms with E-state index in [4.69, 9.17) is 0 Å². The molecule has 0 saturated heterocycles. The van der Waals surface area contributed by atoms with Gasteiger partial charge in [-0.15, -0.1) is 0 Å². The highest BCUT2D eigenvalue weighted by molar-refractivity contribution is 5.16. The summed E-state index contributed by atoms with van der Waals surface area (Å²) < 4.78 is 0. The molecule has 0 nitrogen and oxygen atoms in total. The lowest BCUT2D eigenvalue weighted by atomic mass is 9.52. The first-order valence-corrected chi connectivity index (χ1v) is 16.0. The molecule has 0 aromatic rings. The van der Waals surface area contributed by atoms with Crippen LogP contribution in [-0.4, -0.2) is 0 Å². The minimum absolute atomic E-state index is 0.734. The van der Waals surface area contributed by atoms with Crippen molar-refractivity contribution in [2.45, 2.75) is 118 Å². The van der Waals surface area contributed by atoms with E-state index >= 15 is 0 Å². The topological polar surface area (TPSA) is 0 Å². The van der Waals surface area contributed by atoms with E-state index in [1.807, 2.05) is 0 Å². The minimum Gasteiger partial charge on any atom is -0.0625 e. The summed E-state index contributed by atoms with van der Waals surface area (Å²) in [6, 6.07) is 0. The summed E-state index contributed by atoms with van der Waals surface area (Å²) >= 11 is 0. The molecule has 0 bridgehead atoms. The second-order valence-electron chi connectivity index (χ2n) is 15.8. The Kier molecular flexibility index (Phi) is 5.39. The van der Waals surface area contributed by atoms with E-state index in [1.54, 1.807) is 77.0 Å². The zero-order chi connectivity index (χ0) is 22.5. The summed E-state index contributed by atoms with van der Waals surface area (Å²) in [4.78, 5) is 0. The lowest BCUT2D eigenvalue weighted by molar-refractivity contribution is -0.0412. The normalized spacial score (nSPS) is 62.2. The lowest BCUT2D eigenvalue weighted by Gasteiger charge is -2.53. The highest BCUT2D eigenvalue weighted by Crippen LogP contribution is 2.74. The van der Waals surface area contributed by atoms with E-state index in [2.05, 4.69) is 27.7 Å². The van der Waals surface area contributed by atoms with Gasteiger partial charge in [0.05, 0.1) is 0 Å². The van der Waals surface area contributed by atoms with Crippen LogP contribution in [0.1, 0.15) is 118 Å². The average molecular weight is 451 g/mol. The van der Waals surface area contributed by atoms with Crippen LogP contribution in [0.15, 0.2) is 0 Å². The molecule has 0 aromatic carbocycles. The lowest BCUT2D eigenvalue weighted by Crippen LogP contribution is -2.45. The molecule has 0 aliphatic heterocycles. The van der Waals surface area contributed by atoms with Crippen molar-refractivity contribution in [3.05, 3.63) is 0 Å². The third-order valence-electron chi connectivity index (χ3n) is 14.0. The van der Waals surface area contributed by atoms with Crippen LogP contribution < -0.4 is 0 Å². The molecular formula is C33H54. The van der Waals surface area contributed by atoms with Gasteiger partial charge in [-0.05, 0) is 159 Å². The quantitative estimate of drug-likeness (QED) is 0.345. The molecule has 186 valence electrons. The van der Waals surface area contributed by atoms with Crippen molar-refractivity contribution in [3.8, 4) is 0 Å². The number of fused-ring (bicyclic) bond motifs is 11. The van der Waals surface area contributed by atoms with E-state index in [0.717, 1.165) is 88.3 Å². The molecule has 7 rings (SSSR count). The first kappa shape index (κ1) is 22.2. The van der Waals surface area contributed by atoms with Crippen LogP contribution in [-0.2, 0) is 0 Å². The van der Waals surface area contributed by atoms with Gasteiger partial charge in [0.25, 0.3) is 0 Å². The Morgan fingerprint density at radius 1 is 0.515 bits per heavy atom. The maximum atomic E-state index is 2.72. The molecule has 7 saturated carbocycles. The Morgan fingerprint density at radius 3 is 2.09 bits per heavy atom. The fourth-order valence-electron chi connectivity index (χ4n) is 14.2. The van der Waals surface area contributed by atoms with Crippen LogP contribution in [0.3, 0.4) is 0 Å². The second-order valence-corrected chi connectivity index (χ2v) is 15.8. The van der Waals surface area contributed by atoms with Gasteiger partial charge < -0.3 is 0 Å². The summed E-state index contributed by atoms with van der Waals surface area (Å²) in [5.41, 5.74) is 0.734. The van der Waals surface area contributed by atoms with Crippen LogP contribution in [0.25, 0.3) is 0 Å². The Morgan fingerprint density at radius 2 is 1.27 bits per heavy atom. The van der Waals surface area contributed by atoms with Crippen molar-refractivity contribution in [2.24, 2.45) is 88.3 Å². The Labute approximate surface area is 205 Å². The van der Waals surface area contributed by atoms with Crippen LogP contribution in [0.5, 0.6) is 0 Å². The standard InChI is InChI=1S/C33H54/c1-19-14-22(4)32-28(15-19)31-27-16-24-10-9-23-7-5-6-8-25(23)30(24)26(27)11-12-29(31)33(32)17-20(2)13-21(3)18-33/h19-32H,5-18H2,1-4H3. The van der Waals surface area contributed by atoms with Gasteiger partial charge in [-0.3, -0.25) is 0 Å². The molecule has 7 fully saturated rings. The summed E-state index contributed by atoms with van der Waals surface area (Å²) in [6.45, 7) is 10.6. The van der Waals surface area contributed by atoms with Gasteiger partial charge >= 0.3 is 0 Å². The van der Waals surface area contributed by atoms with Gasteiger partial charge in [0.1, 0.15) is 0 Å². The maximum Gasteiger partial charge on any atom is -0.0228 e. The van der Waals surface area contributed by atoms with Gasteiger partial charge in [0.2, 0.25) is 0 Å². The Balaban J connectivity index is 1.26. The number of hydrogen-bond acceptors (Lipinski definition) is 0. The first-order valence-electron chi connectivity index (χ1n) is 16.0. The fourth-order valence-corrected chi connectivity index (χ4v) is 14.2. The predicted molar refractivity (Wildman–Crippen MR) is 139 cm³/mol. The smallest absolute Gasteiger partial charge is 0.0228 e. The molecule has 7 aliphatic rings. The van der Waals surface area contributed by atoms with Crippen molar-refractivity contribution in [1.29, 1.82) is 0 Å². The fraction of sp³-hybridized carbons (Fsp3) is 1.00. The third-order valence-corrected chi connectivity index (χ3v) is 14.0. The number of rotatable bonds is 0. The highest BCUT2D eigenvalue weighted by Gasteiger charge is 2.68.